The summed E-state index contributed by atoms with van der Waals surface area (Å²) in [5.41, 5.74) is -0.486. The number of aromatic carboxylic acids is 1. The Morgan fingerprint density at radius 1 is 1.44 bits per heavy atom. The number of halogens is 2. The highest BCUT2D eigenvalue weighted by Gasteiger charge is 2.24. The summed E-state index contributed by atoms with van der Waals surface area (Å²) in [5, 5.41) is 9.03. The molecule has 1 aromatic carbocycles. The van der Waals surface area contributed by atoms with E-state index >= 15 is 0 Å². The van der Waals surface area contributed by atoms with Crippen LogP contribution in [-0.2, 0) is 0 Å². The van der Waals surface area contributed by atoms with Crippen LogP contribution in [0.3, 0.4) is 0 Å². The van der Waals surface area contributed by atoms with Crippen molar-refractivity contribution in [3.63, 3.8) is 0 Å². The molecule has 1 atom stereocenters. The second-order valence-corrected chi connectivity index (χ2v) is 5.77. The van der Waals surface area contributed by atoms with Gasteiger partial charge in [-0.2, -0.15) is 11.8 Å². The summed E-state index contributed by atoms with van der Waals surface area (Å²) >= 11 is 1.76. The Bertz CT molecular complexity index is 458. The van der Waals surface area contributed by atoms with Crippen LogP contribution in [0, 0.1) is 11.6 Å². The fourth-order valence-electron chi connectivity index (χ4n) is 2.01. The van der Waals surface area contributed by atoms with Crippen LogP contribution in [0.4, 0.5) is 14.5 Å². The van der Waals surface area contributed by atoms with E-state index in [-0.39, 0.29) is 11.3 Å². The van der Waals surface area contributed by atoms with Crippen LogP contribution in [0.25, 0.3) is 0 Å². The van der Waals surface area contributed by atoms with Gasteiger partial charge in [0.1, 0.15) is 17.3 Å². The van der Waals surface area contributed by atoms with Gasteiger partial charge in [-0.3, -0.25) is 0 Å². The monoisotopic (exact) mass is 273 g/mol. The molecular formula is C12H13F2NO2S. The first-order valence-electron chi connectivity index (χ1n) is 5.58. The fraction of sp³-hybridized carbons (Fsp3) is 0.417. The summed E-state index contributed by atoms with van der Waals surface area (Å²) in [5.74, 6) is -2.15. The quantitative estimate of drug-likeness (QED) is 0.899. The molecule has 1 N–H and O–H groups in total. The molecule has 18 heavy (non-hydrogen) atoms. The van der Waals surface area contributed by atoms with Gasteiger partial charge in [0.2, 0.25) is 0 Å². The van der Waals surface area contributed by atoms with Crippen molar-refractivity contribution in [1.82, 2.24) is 0 Å². The van der Waals surface area contributed by atoms with Gasteiger partial charge in [0.05, 0.1) is 5.56 Å². The van der Waals surface area contributed by atoms with Crippen molar-refractivity contribution >= 4 is 23.4 Å². The molecule has 0 bridgehead atoms. The molecule has 2 rings (SSSR count). The third-order valence-corrected chi connectivity index (χ3v) is 3.96. The molecule has 1 fully saturated rings. The molecule has 1 aromatic rings. The molecule has 0 amide bonds. The number of nitrogens with zero attached hydrogens (tertiary/aromatic N) is 1. The van der Waals surface area contributed by atoms with Crippen molar-refractivity contribution in [1.29, 1.82) is 0 Å². The highest BCUT2D eigenvalue weighted by molar-refractivity contribution is 8.00. The number of rotatable bonds is 2. The third kappa shape index (κ3) is 2.58. The molecule has 0 saturated carbocycles. The predicted octanol–water partition coefficient (Wildman–Crippen LogP) is 2.60. The summed E-state index contributed by atoms with van der Waals surface area (Å²) in [7, 11) is 0. The van der Waals surface area contributed by atoms with Gasteiger partial charge in [-0.25, -0.2) is 13.6 Å². The number of benzene rings is 1. The summed E-state index contributed by atoms with van der Waals surface area (Å²) in [6, 6.07) is 1.74. The molecular weight excluding hydrogens is 260 g/mol. The van der Waals surface area contributed by atoms with Gasteiger partial charge < -0.3 is 10.0 Å². The number of anilines is 1. The van der Waals surface area contributed by atoms with E-state index in [2.05, 4.69) is 0 Å². The van der Waals surface area contributed by atoms with E-state index < -0.39 is 17.6 Å². The maximum absolute atomic E-state index is 13.8. The Morgan fingerprint density at radius 2 is 2.06 bits per heavy atom. The Labute approximate surface area is 108 Å². The van der Waals surface area contributed by atoms with Crippen LogP contribution in [-0.4, -0.2) is 35.2 Å². The van der Waals surface area contributed by atoms with Gasteiger partial charge in [-0.15, -0.1) is 0 Å². The van der Waals surface area contributed by atoms with Crippen LogP contribution in [0.2, 0.25) is 0 Å². The molecule has 6 heteroatoms. The van der Waals surface area contributed by atoms with Crippen LogP contribution in [0.15, 0.2) is 12.1 Å². The normalized spacial score (nSPS) is 19.9. The Balaban J connectivity index is 2.36. The summed E-state index contributed by atoms with van der Waals surface area (Å²) in [6.45, 7) is 3.12. The largest absolute Gasteiger partial charge is 0.478 e. The number of carboxylic acids is 1. The topological polar surface area (TPSA) is 40.5 Å². The first-order chi connectivity index (χ1) is 8.49. The smallest absolute Gasteiger partial charge is 0.335 e. The van der Waals surface area contributed by atoms with Crippen molar-refractivity contribution < 1.29 is 18.7 Å². The molecule has 3 nitrogen and oxygen atoms in total. The Morgan fingerprint density at radius 3 is 2.56 bits per heavy atom. The van der Waals surface area contributed by atoms with Crippen LogP contribution in [0.5, 0.6) is 0 Å². The van der Waals surface area contributed by atoms with E-state index in [9.17, 15) is 13.6 Å². The zero-order valence-electron chi connectivity index (χ0n) is 9.82. The minimum atomic E-state index is -1.33. The molecule has 1 aliphatic heterocycles. The summed E-state index contributed by atoms with van der Waals surface area (Å²) < 4.78 is 27.7. The zero-order valence-corrected chi connectivity index (χ0v) is 10.6. The van der Waals surface area contributed by atoms with Gasteiger partial charge in [0, 0.05) is 24.1 Å². The van der Waals surface area contributed by atoms with E-state index in [0.29, 0.717) is 18.3 Å². The van der Waals surface area contributed by atoms with E-state index in [1.165, 1.54) is 0 Å². The first-order valence-corrected chi connectivity index (χ1v) is 6.63. The highest BCUT2D eigenvalue weighted by atomic mass is 32.2. The Kier molecular flexibility index (Phi) is 3.75. The van der Waals surface area contributed by atoms with Crippen LogP contribution >= 0.6 is 11.8 Å². The summed E-state index contributed by atoms with van der Waals surface area (Å²) in [4.78, 5) is 12.3. The molecule has 0 aromatic heterocycles. The molecule has 1 aliphatic rings. The first kappa shape index (κ1) is 13.1. The number of hydrogen-bond acceptors (Lipinski definition) is 3. The number of hydrogen-bond donors (Lipinski definition) is 1. The average Bonchev–Trinajstić information content (AvgIpc) is 2.27. The molecule has 1 heterocycles. The van der Waals surface area contributed by atoms with Gasteiger partial charge >= 0.3 is 5.97 Å². The maximum atomic E-state index is 13.8. The molecule has 98 valence electrons. The Hall–Kier alpha value is -1.30. The van der Waals surface area contributed by atoms with Crippen molar-refractivity contribution in [2.75, 3.05) is 23.7 Å². The minimum Gasteiger partial charge on any atom is -0.478 e. The number of carboxylic acid groups (broad SMARTS) is 1. The lowest BCUT2D eigenvalue weighted by molar-refractivity contribution is 0.0696. The van der Waals surface area contributed by atoms with Gasteiger partial charge in [-0.05, 0) is 12.1 Å². The zero-order chi connectivity index (χ0) is 13.3. The van der Waals surface area contributed by atoms with E-state index in [4.69, 9.17) is 5.11 Å². The van der Waals surface area contributed by atoms with Gasteiger partial charge in [0.15, 0.2) is 0 Å². The van der Waals surface area contributed by atoms with Crippen molar-refractivity contribution in [3.05, 3.63) is 29.3 Å². The fourth-order valence-corrected chi connectivity index (χ4v) is 3.03. The van der Waals surface area contributed by atoms with Gasteiger partial charge in [-0.1, -0.05) is 6.92 Å². The molecule has 0 aliphatic carbocycles. The predicted molar refractivity (Wildman–Crippen MR) is 67.5 cm³/mol. The molecule has 1 unspecified atom stereocenters. The maximum Gasteiger partial charge on any atom is 0.335 e. The van der Waals surface area contributed by atoms with Gasteiger partial charge in [0.25, 0.3) is 0 Å². The van der Waals surface area contributed by atoms with Crippen LogP contribution < -0.4 is 4.90 Å². The number of thioether (sulfide) groups is 1. The van der Waals surface area contributed by atoms with E-state index in [0.717, 1.165) is 17.9 Å². The van der Waals surface area contributed by atoms with Crippen molar-refractivity contribution in [3.8, 4) is 0 Å². The standard InChI is InChI=1S/C12H13F2NO2S/c1-7-6-15(2-3-18-7)11-9(13)4-8(12(16)17)5-10(11)14/h4-5,7H,2-3,6H2,1H3,(H,16,17). The van der Waals surface area contributed by atoms with Crippen molar-refractivity contribution in [2.45, 2.75) is 12.2 Å². The number of carbonyl (C=O) groups is 1. The lowest BCUT2D eigenvalue weighted by Crippen LogP contribution is -2.37. The van der Waals surface area contributed by atoms with E-state index in [1.54, 1.807) is 16.7 Å². The highest BCUT2D eigenvalue weighted by Crippen LogP contribution is 2.29. The molecule has 0 radical (unpaired) electrons. The second kappa shape index (κ2) is 5.14. The van der Waals surface area contributed by atoms with E-state index in [1.807, 2.05) is 6.92 Å². The van der Waals surface area contributed by atoms with Crippen LogP contribution in [0.1, 0.15) is 17.3 Å². The lowest BCUT2D eigenvalue weighted by atomic mass is 10.1. The third-order valence-electron chi connectivity index (χ3n) is 2.82. The minimum absolute atomic E-state index is 0.118. The van der Waals surface area contributed by atoms with Crippen molar-refractivity contribution in [2.24, 2.45) is 0 Å². The summed E-state index contributed by atoms with van der Waals surface area (Å²) in [6.07, 6.45) is 0. The SMILES string of the molecule is CC1CN(c2c(F)cc(C(=O)O)cc2F)CCS1. The lowest BCUT2D eigenvalue weighted by Gasteiger charge is -2.32. The molecule has 1 saturated heterocycles. The average molecular weight is 273 g/mol. The second-order valence-electron chi connectivity index (χ2n) is 4.22. The molecule has 0 spiro atoms.